The number of urea groups is 1. The number of hydrogen-bond donors (Lipinski definition) is 2. The Labute approximate surface area is 187 Å². The van der Waals surface area contributed by atoms with Crippen molar-refractivity contribution < 1.29 is 9.42 Å². The van der Waals surface area contributed by atoms with E-state index in [1.54, 1.807) is 0 Å². The summed E-state index contributed by atoms with van der Waals surface area (Å²) in [6.07, 6.45) is 1.71. The Bertz CT molecular complexity index is 1190. The largest absolute Gasteiger partial charge is 0.323 e. The molecule has 4 rings (SSSR count). The molecule has 2 amide bonds. The number of amides is 2. The molecule has 0 aliphatic heterocycles. The first-order chi connectivity index (χ1) is 15.6. The van der Waals surface area contributed by atoms with E-state index in [9.17, 15) is 4.79 Å². The van der Waals surface area contributed by atoms with Crippen molar-refractivity contribution in [1.29, 1.82) is 0 Å². The highest BCUT2D eigenvalue weighted by Crippen LogP contribution is 2.30. The highest BCUT2D eigenvalue weighted by atomic mass is 16.6. The number of hydrogen-bond acceptors (Lipinski definition) is 4. The number of para-hydroxylation sites is 1. The number of aryl methyl sites for hydroxylation is 3. The van der Waals surface area contributed by atoms with Crippen LogP contribution in [-0.2, 0) is 12.8 Å². The van der Waals surface area contributed by atoms with Gasteiger partial charge in [0.25, 0.3) is 0 Å². The van der Waals surface area contributed by atoms with Crippen molar-refractivity contribution in [2.45, 2.75) is 33.6 Å². The molecule has 32 heavy (non-hydrogen) atoms. The molecule has 0 atom stereocenters. The van der Waals surface area contributed by atoms with Crippen LogP contribution in [0.4, 0.5) is 16.2 Å². The Morgan fingerprint density at radius 3 is 1.84 bits per heavy atom. The first-order valence-corrected chi connectivity index (χ1v) is 10.8. The molecule has 2 N–H and O–H groups in total. The second-order valence-corrected chi connectivity index (χ2v) is 7.64. The van der Waals surface area contributed by atoms with Crippen molar-refractivity contribution in [3.63, 3.8) is 0 Å². The molecule has 0 spiro atoms. The molecule has 3 aromatic carbocycles. The van der Waals surface area contributed by atoms with Crippen molar-refractivity contribution in [3.8, 4) is 22.5 Å². The SMILES string of the molecule is CCc1cccc(CC)c1NC(=O)Nc1ccc(-c2nonc2-c2ccc(C)cc2)cc1. The van der Waals surface area contributed by atoms with Crippen LogP contribution in [0.2, 0.25) is 0 Å². The van der Waals surface area contributed by atoms with E-state index in [0.717, 1.165) is 40.8 Å². The zero-order valence-corrected chi connectivity index (χ0v) is 18.5. The molecule has 0 radical (unpaired) electrons. The predicted molar refractivity (Wildman–Crippen MR) is 128 cm³/mol. The number of carbonyl (C=O) groups is 1. The molecule has 6 heteroatoms. The van der Waals surface area contributed by atoms with Gasteiger partial charge in [-0.3, -0.25) is 0 Å². The molecule has 0 aliphatic carbocycles. The van der Waals surface area contributed by atoms with Gasteiger partial charge in [-0.1, -0.05) is 74.0 Å². The van der Waals surface area contributed by atoms with Crippen LogP contribution in [0.25, 0.3) is 22.5 Å². The average Bonchev–Trinajstić information content (AvgIpc) is 3.30. The van der Waals surface area contributed by atoms with E-state index < -0.39 is 0 Å². The second kappa shape index (κ2) is 9.47. The Morgan fingerprint density at radius 2 is 1.31 bits per heavy atom. The fourth-order valence-electron chi connectivity index (χ4n) is 3.67. The van der Waals surface area contributed by atoms with Gasteiger partial charge in [0.05, 0.1) is 0 Å². The summed E-state index contributed by atoms with van der Waals surface area (Å²) in [5, 5.41) is 14.1. The van der Waals surface area contributed by atoms with Crippen molar-refractivity contribution in [1.82, 2.24) is 10.3 Å². The first kappa shape index (κ1) is 21.3. The molecular weight excluding hydrogens is 400 g/mol. The molecule has 1 heterocycles. The quantitative estimate of drug-likeness (QED) is 0.370. The van der Waals surface area contributed by atoms with Crippen LogP contribution in [0.3, 0.4) is 0 Å². The number of benzene rings is 3. The maximum atomic E-state index is 12.6. The standard InChI is InChI=1S/C26H26N4O2/c1-4-18-7-6-8-19(5-2)23(18)28-26(31)27-22-15-13-21(14-16-22)25-24(29-32-30-25)20-11-9-17(3)10-12-20/h6-16H,4-5H2,1-3H3,(H2,27,28,31). The van der Waals surface area contributed by atoms with Crippen molar-refractivity contribution in [2.75, 3.05) is 10.6 Å². The fourth-order valence-corrected chi connectivity index (χ4v) is 3.67. The number of carbonyl (C=O) groups excluding carboxylic acids is 1. The van der Waals surface area contributed by atoms with Gasteiger partial charge in [-0.2, -0.15) is 0 Å². The lowest BCUT2D eigenvalue weighted by Crippen LogP contribution is -2.21. The number of anilines is 2. The van der Waals surface area contributed by atoms with Crippen LogP contribution < -0.4 is 10.6 Å². The van der Waals surface area contributed by atoms with Gasteiger partial charge in [-0.25, -0.2) is 9.42 Å². The Kier molecular flexibility index (Phi) is 6.31. The lowest BCUT2D eigenvalue weighted by Gasteiger charge is -2.15. The van der Waals surface area contributed by atoms with Crippen LogP contribution in [0.1, 0.15) is 30.5 Å². The molecule has 0 unspecified atom stereocenters. The number of rotatable bonds is 6. The molecular formula is C26H26N4O2. The lowest BCUT2D eigenvalue weighted by molar-refractivity contribution is 0.262. The third kappa shape index (κ3) is 4.54. The maximum absolute atomic E-state index is 12.6. The van der Waals surface area contributed by atoms with Gasteiger partial charge in [0.1, 0.15) is 11.4 Å². The average molecular weight is 427 g/mol. The summed E-state index contributed by atoms with van der Waals surface area (Å²) in [6, 6.07) is 21.4. The number of nitrogens with one attached hydrogen (secondary N) is 2. The summed E-state index contributed by atoms with van der Waals surface area (Å²) >= 11 is 0. The molecule has 6 nitrogen and oxygen atoms in total. The van der Waals surface area contributed by atoms with E-state index in [-0.39, 0.29) is 6.03 Å². The summed E-state index contributed by atoms with van der Waals surface area (Å²) in [5.41, 5.74) is 8.14. The summed E-state index contributed by atoms with van der Waals surface area (Å²) in [7, 11) is 0. The van der Waals surface area contributed by atoms with Crippen LogP contribution in [-0.4, -0.2) is 16.3 Å². The van der Waals surface area contributed by atoms with E-state index >= 15 is 0 Å². The fraction of sp³-hybridized carbons (Fsp3) is 0.192. The van der Waals surface area contributed by atoms with Crippen molar-refractivity contribution >= 4 is 17.4 Å². The monoisotopic (exact) mass is 426 g/mol. The van der Waals surface area contributed by atoms with Gasteiger partial charge in [0.15, 0.2) is 0 Å². The van der Waals surface area contributed by atoms with Gasteiger partial charge >= 0.3 is 6.03 Å². The summed E-state index contributed by atoms with van der Waals surface area (Å²) in [5.74, 6) is 0. The zero-order chi connectivity index (χ0) is 22.5. The van der Waals surface area contributed by atoms with Crippen LogP contribution in [0.5, 0.6) is 0 Å². The molecule has 0 aliphatic rings. The smallest absolute Gasteiger partial charge is 0.308 e. The molecule has 0 fully saturated rings. The van der Waals surface area contributed by atoms with E-state index in [1.165, 1.54) is 5.56 Å². The molecule has 1 aromatic heterocycles. The lowest BCUT2D eigenvalue weighted by atomic mass is 10.0. The number of aromatic nitrogens is 2. The normalized spacial score (nSPS) is 10.7. The Morgan fingerprint density at radius 1 is 0.781 bits per heavy atom. The second-order valence-electron chi connectivity index (χ2n) is 7.64. The van der Waals surface area contributed by atoms with Gasteiger partial charge in [-0.15, -0.1) is 0 Å². The van der Waals surface area contributed by atoms with Crippen LogP contribution in [0.15, 0.2) is 71.4 Å². The van der Waals surface area contributed by atoms with Gasteiger partial charge in [0, 0.05) is 22.5 Å². The summed E-state index contributed by atoms with van der Waals surface area (Å²) in [6.45, 7) is 6.21. The minimum atomic E-state index is -0.267. The third-order valence-electron chi connectivity index (χ3n) is 5.47. The molecule has 4 aromatic rings. The predicted octanol–water partition coefficient (Wildman–Crippen LogP) is 6.48. The topological polar surface area (TPSA) is 80.0 Å². The Balaban J connectivity index is 1.50. The van der Waals surface area contributed by atoms with Gasteiger partial charge in [-0.05, 0) is 53.3 Å². The number of nitrogens with zero attached hydrogens (tertiary/aromatic N) is 2. The zero-order valence-electron chi connectivity index (χ0n) is 18.5. The minimum Gasteiger partial charge on any atom is -0.308 e. The third-order valence-corrected chi connectivity index (χ3v) is 5.47. The summed E-state index contributed by atoms with van der Waals surface area (Å²) in [4.78, 5) is 12.6. The van der Waals surface area contributed by atoms with Crippen LogP contribution >= 0.6 is 0 Å². The minimum absolute atomic E-state index is 0.267. The van der Waals surface area contributed by atoms with Crippen molar-refractivity contribution in [3.05, 3.63) is 83.4 Å². The highest BCUT2D eigenvalue weighted by Gasteiger charge is 2.15. The van der Waals surface area contributed by atoms with E-state index in [0.29, 0.717) is 17.1 Å². The first-order valence-electron chi connectivity index (χ1n) is 10.8. The molecule has 0 saturated heterocycles. The maximum Gasteiger partial charge on any atom is 0.323 e. The van der Waals surface area contributed by atoms with Crippen LogP contribution in [0, 0.1) is 6.92 Å². The van der Waals surface area contributed by atoms with E-state index in [4.69, 9.17) is 4.63 Å². The van der Waals surface area contributed by atoms with E-state index in [2.05, 4.69) is 34.8 Å². The molecule has 162 valence electrons. The summed E-state index contributed by atoms with van der Waals surface area (Å²) < 4.78 is 5.01. The Hall–Kier alpha value is -3.93. The molecule has 0 saturated carbocycles. The highest BCUT2D eigenvalue weighted by molar-refractivity contribution is 6.01. The van der Waals surface area contributed by atoms with Crippen molar-refractivity contribution in [2.24, 2.45) is 0 Å². The van der Waals surface area contributed by atoms with Gasteiger partial charge < -0.3 is 10.6 Å². The van der Waals surface area contributed by atoms with Gasteiger partial charge in [0.2, 0.25) is 0 Å². The van der Waals surface area contributed by atoms with E-state index in [1.807, 2.05) is 73.7 Å². The molecule has 0 bridgehead atoms.